The minimum Gasteiger partial charge on any atom is -0.375 e. The summed E-state index contributed by atoms with van der Waals surface area (Å²) in [6.07, 6.45) is 0. The van der Waals surface area contributed by atoms with E-state index in [1.165, 1.54) is 0 Å². The number of hydrogen-bond acceptors (Lipinski definition) is 2. The first-order valence-corrected chi connectivity index (χ1v) is 6.42. The minimum absolute atomic E-state index is 0.0219. The molecule has 0 aromatic heterocycles. The van der Waals surface area contributed by atoms with Crippen molar-refractivity contribution in [3.8, 4) is 0 Å². The van der Waals surface area contributed by atoms with Gasteiger partial charge in [-0.3, -0.25) is 0 Å². The van der Waals surface area contributed by atoms with Gasteiger partial charge < -0.3 is 10.1 Å². The fraction of sp³-hybridized carbons (Fsp3) is 1.00. The molecule has 0 aliphatic rings. The van der Waals surface area contributed by atoms with Gasteiger partial charge in [-0.15, -0.1) is 0 Å². The van der Waals surface area contributed by atoms with Crippen molar-refractivity contribution in [3.63, 3.8) is 0 Å². The van der Waals surface area contributed by atoms with E-state index in [0.29, 0.717) is 12.0 Å². The van der Waals surface area contributed by atoms with E-state index < -0.39 is 0 Å². The van der Waals surface area contributed by atoms with Crippen molar-refractivity contribution >= 4 is 15.9 Å². The Labute approximate surface area is 96.9 Å². The van der Waals surface area contributed by atoms with Crippen molar-refractivity contribution in [1.29, 1.82) is 0 Å². The largest absolute Gasteiger partial charge is 0.375 e. The maximum atomic E-state index is 5.62. The van der Waals surface area contributed by atoms with Crippen LogP contribution in [0.5, 0.6) is 0 Å². The third-order valence-electron chi connectivity index (χ3n) is 2.20. The third-order valence-corrected chi connectivity index (χ3v) is 3.22. The number of nitrogens with one attached hydrogen (secondary N) is 1. The van der Waals surface area contributed by atoms with Gasteiger partial charge in [-0.1, -0.05) is 22.9 Å². The summed E-state index contributed by atoms with van der Waals surface area (Å²) in [7, 11) is 0. The monoisotopic (exact) mass is 265 g/mol. The van der Waals surface area contributed by atoms with Crippen LogP contribution < -0.4 is 5.32 Å². The van der Waals surface area contributed by atoms with Crippen molar-refractivity contribution in [2.75, 3.05) is 18.5 Å². The van der Waals surface area contributed by atoms with Crippen LogP contribution in [-0.2, 0) is 4.74 Å². The van der Waals surface area contributed by atoms with Gasteiger partial charge in [-0.2, -0.15) is 0 Å². The molecule has 0 aliphatic carbocycles. The van der Waals surface area contributed by atoms with Crippen molar-refractivity contribution in [2.45, 2.75) is 46.3 Å². The van der Waals surface area contributed by atoms with Gasteiger partial charge >= 0.3 is 0 Å². The molecular weight excluding hydrogens is 242 g/mol. The van der Waals surface area contributed by atoms with E-state index in [2.05, 4.69) is 55.9 Å². The van der Waals surface area contributed by atoms with Crippen LogP contribution in [0.3, 0.4) is 0 Å². The summed E-state index contributed by atoms with van der Waals surface area (Å²) in [5.74, 6) is 0.657. The molecule has 1 N–H and O–H groups in total. The van der Waals surface area contributed by atoms with Crippen LogP contribution in [0.4, 0.5) is 0 Å². The van der Waals surface area contributed by atoms with Gasteiger partial charge in [0.2, 0.25) is 0 Å². The highest BCUT2D eigenvalue weighted by atomic mass is 79.9. The Bertz CT molecular complexity index is 145. The predicted molar refractivity (Wildman–Crippen MR) is 66.1 cm³/mol. The smallest absolute Gasteiger partial charge is 0.0599 e. The fourth-order valence-corrected chi connectivity index (χ4v) is 1.54. The molecule has 0 saturated carbocycles. The number of rotatable bonds is 6. The van der Waals surface area contributed by atoms with Crippen molar-refractivity contribution in [3.05, 3.63) is 0 Å². The first kappa shape index (κ1) is 14.4. The van der Waals surface area contributed by atoms with Gasteiger partial charge in [0.05, 0.1) is 12.2 Å². The summed E-state index contributed by atoms with van der Waals surface area (Å²) in [5, 5.41) is 4.49. The zero-order chi connectivity index (χ0) is 11.2. The molecule has 0 radical (unpaired) electrons. The van der Waals surface area contributed by atoms with Crippen LogP contribution in [0.2, 0.25) is 0 Å². The molecule has 3 heteroatoms. The average Bonchev–Trinajstić information content (AvgIpc) is 2.09. The van der Waals surface area contributed by atoms with Crippen molar-refractivity contribution in [2.24, 2.45) is 5.92 Å². The molecule has 14 heavy (non-hydrogen) atoms. The SMILES string of the molecule is CC(CBr)C(C)NCCOC(C)(C)C. The Morgan fingerprint density at radius 2 is 1.86 bits per heavy atom. The zero-order valence-corrected chi connectivity index (χ0v) is 11.6. The minimum atomic E-state index is -0.0219. The molecular formula is C11H24BrNO. The van der Waals surface area contributed by atoms with Crippen LogP contribution >= 0.6 is 15.9 Å². The average molecular weight is 266 g/mol. The highest BCUT2D eigenvalue weighted by Crippen LogP contribution is 2.07. The molecule has 0 amide bonds. The molecule has 0 aromatic carbocycles. The van der Waals surface area contributed by atoms with Crippen molar-refractivity contribution < 1.29 is 4.74 Å². The molecule has 2 atom stereocenters. The Kier molecular flexibility index (Phi) is 7.00. The van der Waals surface area contributed by atoms with E-state index >= 15 is 0 Å². The zero-order valence-electron chi connectivity index (χ0n) is 10.1. The van der Waals surface area contributed by atoms with Gasteiger partial charge in [-0.25, -0.2) is 0 Å². The second-order valence-corrected chi connectivity index (χ2v) is 5.48. The van der Waals surface area contributed by atoms with E-state index in [1.807, 2.05) is 0 Å². The molecule has 0 aromatic rings. The third kappa shape index (κ3) is 7.77. The lowest BCUT2D eigenvalue weighted by Crippen LogP contribution is -2.36. The number of ether oxygens (including phenoxy) is 1. The van der Waals surface area contributed by atoms with Crippen LogP contribution in [0, 0.1) is 5.92 Å². The quantitative estimate of drug-likeness (QED) is 0.589. The molecule has 2 nitrogen and oxygen atoms in total. The topological polar surface area (TPSA) is 21.3 Å². The van der Waals surface area contributed by atoms with Gasteiger partial charge in [0.15, 0.2) is 0 Å². The van der Waals surface area contributed by atoms with E-state index in [-0.39, 0.29) is 5.60 Å². The second-order valence-electron chi connectivity index (χ2n) is 4.84. The number of halogens is 1. The predicted octanol–water partition coefficient (Wildman–Crippen LogP) is 2.81. The number of hydrogen-bond donors (Lipinski definition) is 1. The standard InChI is InChI=1S/C11H24BrNO/c1-9(8-12)10(2)13-6-7-14-11(3,4)5/h9-10,13H,6-8H2,1-5H3. The molecule has 0 heterocycles. The van der Waals surface area contributed by atoms with E-state index in [1.54, 1.807) is 0 Å². The molecule has 0 spiro atoms. The van der Waals surface area contributed by atoms with Gasteiger partial charge in [0.1, 0.15) is 0 Å². The summed E-state index contributed by atoms with van der Waals surface area (Å²) >= 11 is 3.48. The summed E-state index contributed by atoms with van der Waals surface area (Å²) < 4.78 is 5.62. The summed E-state index contributed by atoms with van der Waals surface area (Å²) in [5.41, 5.74) is -0.0219. The summed E-state index contributed by atoms with van der Waals surface area (Å²) in [6, 6.07) is 0.540. The summed E-state index contributed by atoms with van der Waals surface area (Å²) in [6.45, 7) is 12.4. The Balaban J connectivity index is 3.45. The highest BCUT2D eigenvalue weighted by Gasteiger charge is 2.11. The highest BCUT2D eigenvalue weighted by molar-refractivity contribution is 9.09. The van der Waals surface area contributed by atoms with Gasteiger partial charge in [-0.05, 0) is 33.6 Å². The Morgan fingerprint density at radius 1 is 1.29 bits per heavy atom. The maximum Gasteiger partial charge on any atom is 0.0599 e. The van der Waals surface area contributed by atoms with Gasteiger partial charge in [0.25, 0.3) is 0 Å². The molecule has 2 unspecified atom stereocenters. The lowest BCUT2D eigenvalue weighted by Gasteiger charge is -2.22. The molecule has 0 rings (SSSR count). The van der Waals surface area contributed by atoms with E-state index in [9.17, 15) is 0 Å². The first-order chi connectivity index (χ1) is 6.37. The van der Waals surface area contributed by atoms with Crippen molar-refractivity contribution in [1.82, 2.24) is 5.32 Å². The van der Waals surface area contributed by atoms with Crippen LogP contribution in [0.15, 0.2) is 0 Å². The second kappa shape index (κ2) is 6.81. The normalized spacial score (nSPS) is 16.7. The Morgan fingerprint density at radius 3 is 2.29 bits per heavy atom. The lowest BCUT2D eigenvalue weighted by atomic mass is 10.1. The first-order valence-electron chi connectivity index (χ1n) is 5.30. The lowest BCUT2D eigenvalue weighted by molar-refractivity contribution is -0.00183. The Hall–Kier alpha value is 0.400. The summed E-state index contributed by atoms with van der Waals surface area (Å²) in [4.78, 5) is 0. The number of alkyl halides is 1. The van der Waals surface area contributed by atoms with E-state index in [0.717, 1.165) is 18.5 Å². The molecule has 0 fully saturated rings. The molecule has 0 saturated heterocycles. The molecule has 86 valence electrons. The van der Waals surface area contributed by atoms with Crippen LogP contribution in [-0.4, -0.2) is 30.1 Å². The van der Waals surface area contributed by atoms with Crippen LogP contribution in [0.25, 0.3) is 0 Å². The van der Waals surface area contributed by atoms with E-state index in [4.69, 9.17) is 4.74 Å². The fourth-order valence-electron chi connectivity index (χ4n) is 0.979. The van der Waals surface area contributed by atoms with Crippen LogP contribution in [0.1, 0.15) is 34.6 Å². The molecule has 0 bridgehead atoms. The van der Waals surface area contributed by atoms with Gasteiger partial charge in [0, 0.05) is 17.9 Å². The maximum absolute atomic E-state index is 5.62. The molecule has 0 aliphatic heterocycles.